The number of methoxy groups -OCH3 is 4. The Labute approximate surface area is 298 Å². The Morgan fingerprint density at radius 2 is 1.14 bits per heavy atom. The first-order chi connectivity index (χ1) is 24.8. The first kappa shape index (κ1) is 34.2. The number of carbonyl (C=O) groups is 2. The van der Waals surface area contributed by atoms with E-state index in [0.29, 0.717) is 66.1 Å². The molecule has 3 aliphatic rings. The maximum Gasteiger partial charge on any atom is 0.241 e. The van der Waals surface area contributed by atoms with E-state index < -0.39 is 18.1 Å². The van der Waals surface area contributed by atoms with Crippen LogP contribution in [0.1, 0.15) is 56.6 Å². The van der Waals surface area contributed by atoms with E-state index in [1.54, 1.807) is 33.3 Å². The van der Waals surface area contributed by atoms with Gasteiger partial charge in [-0.3, -0.25) is 9.69 Å². The Morgan fingerprint density at radius 3 is 1.61 bits per heavy atom. The average molecular weight is 693 g/mol. The van der Waals surface area contributed by atoms with Crippen LogP contribution < -0.4 is 28.4 Å². The molecule has 1 amide bonds. The predicted molar refractivity (Wildman–Crippen MR) is 191 cm³/mol. The second kappa shape index (κ2) is 13.8. The second-order valence-corrected chi connectivity index (χ2v) is 13.3. The quantitative estimate of drug-likeness (QED) is 0.173. The molecule has 266 valence electrons. The van der Waals surface area contributed by atoms with E-state index in [2.05, 4.69) is 4.90 Å². The molecule has 0 aromatic heterocycles. The number of hydrogen-bond acceptors (Lipinski definition) is 9. The maximum atomic E-state index is 14.8. The summed E-state index contributed by atoms with van der Waals surface area (Å²) in [6, 6.07) is 17.6. The minimum Gasteiger partial charge on any atom is -0.492 e. The van der Waals surface area contributed by atoms with Crippen LogP contribution in [-0.4, -0.2) is 69.6 Å². The topological polar surface area (TPSA) is 96.0 Å². The lowest BCUT2D eigenvalue weighted by molar-refractivity contribution is -0.158. The van der Waals surface area contributed by atoms with Gasteiger partial charge in [-0.25, -0.2) is 0 Å². The molecule has 7 rings (SSSR count). The molecule has 4 atom stereocenters. The molecule has 3 heterocycles. The number of piperazine rings is 1. The lowest BCUT2D eigenvalue weighted by Crippen LogP contribution is -2.66. The van der Waals surface area contributed by atoms with Crippen LogP contribution in [0.15, 0.2) is 60.7 Å². The summed E-state index contributed by atoms with van der Waals surface area (Å²) < 4.78 is 37.2. The van der Waals surface area contributed by atoms with Crippen molar-refractivity contribution < 1.29 is 38.0 Å². The van der Waals surface area contributed by atoms with Crippen molar-refractivity contribution in [2.45, 2.75) is 64.1 Å². The molecule has 4 aromatic rings. The molecular weight excluding hydrogens is 648 g/mol. The van der Waals surface area contributed by atoms with E-state index >= 15 is 0 Å². The molecular formula is C41H44N2O8. The third-order valence-corrected chi connectivity index (χ3v) is 10.8. The number of amides is 1. The molecule has 0 N–H and O–H groups in total. The minimum absolute atomic E-state index is 0.137. The number of rotatable bonds is 11. The van der Waals surface area contributed by atoms with Crippen molar-refractivity contribution in [2.24, 2.45) is 0 Å². The SMILES string of the molecule is COc1c(C)c(OCc2ccccc2)c2c(c1OC)[C@@H](C=O)N1C(=O)[C@H]3Cc4c(OCc5ccccc5)c(C)c(OC)c(OC)c4[C@@H]([C@H]1C2)N3C. The van der Waals surface area contributed by atoms with Gasteiger partial charge in [-0.1, -0.05) is 60.7 Å². The highest BCUT2D eigenvalue weighted by atomic mass is 16.5. The van der Waals surface area contributed by atoms with Gasteiger partial charge in [0.05, 0.1) is 46.6 Å². The summed E-state index contributed by atoms with van der Waals surface area (Å²) in [6.45, 7) is 4.55. The number of likely N-dealkylation sites (N-methyl/N-ethyl adjacent to an activating group) is 1. The molecule has 3 aliphatic heterocycles. The monoisotopic (exact) mass is 692 g/mol. The van der Waals surface area contributed by atoms with E-state index in [1.807, 2.05) is 81.6 Å². The smallest absolute Gasteiger partial charge is 0.241 e. The molecule has 4 aromatic carbocycles. The van der Waals surface area contributed by atoms with Crippen molar-refractivity contribution in [1.29, 1.82) is 0 Å². The molecule has 0 saturated carbocycles. The van der Waals surface area contributed by atoms with Gasteiger partial charge in [-0.15, -0.1) is 0 Å². The Hall–Kier alpha value is -5.22. The van der Waals surface area contributed by atoms with E-state index in [0.717, 1.165) is 45.2 Å². The van der Waals surface area contributed by atoms with Crippen molar-refractivity contribution in [3.8, 4) is 34.5 Å². The number of carbonyl (C=O) groups excluding carboxylic acids is 2. The normalized spacial score (nSPS) is 20.5. The lowest BCUT2D eigenvalue weighted by Gasteiger charge is -2.56. The third kappa shape index (κ3) is 5.44. The van der Waals surface area contributed by atoms with Crippen LogP contribution in [0.5, 0.6) is 34.5 Å². The molecule has 0 radical (unpaired) electrons. The Morgan fingerprint density at radius 1 is 0.667 bits per heavy atom. The van der Waals surface area contributed by atoms with Crippen molar-refractivity contribution in [3.63, 3.8) is 0 Å². The van der Waals surface area contributed by atoms with Gasteiger partial charge < -0.3 is 38.1 Å². The summed E-state index contributed by atoms with van der Waals surface area (Å²) in [7, 11) is 8.37. The predicted octanol–water partition coefficient (Wildman–Crippen LogP) is 6.10. The van der Waals surface area contributed by atoms with Gasteiger partial charge in [0.15, 0.2) is 23.0 Å². The summed E-state index contributed by atoms with van der Waals surface area (Å²) in [4.78, 5) is 32.0. The van der Waals surface area contributed by atoms with Crippen molar-refractivity contribution in [3.05, 3.63) is 105 Å². The Kier molecular flexibility index (Phi) is 9.28. The zero-order chi connectivity index (χ0) is 36.0. The van der Waals surface area contributed by atoms with Crippen LogP contribution in [0.2, 0.25) is 0 Å². The minimum atomic E-state index is -0.942. The maximum absolute atomic E-state index is 14.8. The number of ether oxygens (including phenoxy) is 6. The van der Waals surface area contributed by atoms with Gasteiger partial charge in [0.25, 0.3) is 0 Å². The molecule has 0 spiro atoms. The van der Waals surface area contributed by atoms with Crippen LogP contribution in [0.25, 0.3) is 0 Å². The Balaban J connectivity index is 1.42. The first-order valence-corrected chi connectivity index (χ1v) is 17.2. The molecule has 1 fully saturated rings. The highest BCUT2D eigenvalue weighted by Gasteiger charge is 2.56. The Bertz CT molecular complexity index is 1960. The number of fused-ring (bicyclic) bond motifs is 7. The molecule has 1 saturated heterocycles. The highest BCUT2D eigenvalue weighted by molar-refractivity contribution is 5.90. The number of aldehydes is 1. The summed E-state index contributed by atoms with van der Waals surface area (Å²) >= 11 is 0. The van der Waals surface area contributed by atoms with Gasteiger partial charge in [0.2, 0.25) is 5.91 Å². The summed E-state index contributed by atoms with van der Waals surface area (Å²) in [5, 5.41) is 0. The second-order valence-electron chi connectivity index (χ2n) is 13.3. The lowest BCUT2D eigenvalue weighted by atomic mass is 9.73. The summed E-state index contributed by atoms with van der Waals surface area (Å²) in [5.74, 6) is 3.24. The zero-order valence-corrected chi connectivity index (χ0v) is 30.1. The third-order valence-electron chi connectivity index (χ3n) is 10.8. The van der Waals surface area contributed by atoms with E-state index in [4.69, 9.17) is 28.4 Å². The van der Waals surface area contributed by atoms with Gasteiger partial charge in [-0.05, 0) is 38.4 Å². The number of benzene rings is 4. The van der Waals surface area contributed by atoms with E-state index in [9.17, 15) is 9.59 Å². The van der Waals surface area contributed by atoms with Crippen molar-refractivity contribution in [2.75, 3.05) is 35.5 Å². The first-order valence-electron chi connectivity index (χ1n) is 17.2. The number of nitrogens with zero attached hydrogens (tertiary/aromatic N) is 2. The summed E-state index contributed by atoms with van der Waals surface area (Å²) in [6.07, 6.45) is 1.59. The standard InChI is InChI=1S/C41H44N2O8/c1-23-35(50-21-25-14-10-8-11-15-25)27-18-29-34-33-28(36(24(2)38(47-5)40(33)49-7)51-22-26-16-12-9-13-17-26)19-30(42(34)3)41(45)43(29)31(20-44)32(27)39(48-6)37(23)46-4/h8-17,20,29-31,34H,18-19,21-22H2,1-7H3/t29-,30-,31-,34-/m1/s1. The summed E-state index contributed by atoms with van der Waals surface area (Å²) in [5.41, 5.74) is 6.79. The van der Waals surface area contributed by atoms with Crippen molar-refractivity contribution in [1.82, 2.24) is 9.80 Å². The highest BCUT2D eigenvalue weighted by Crippen LogP contribution is 2.58. The van der Waals surface area contributed by atoms with Gasteiger partial charge in [0.1, 0.15) is 37.0 Å². The van der Waals surface area contributed by atoms with E-state index in [-0.39, 0.29) is 11.9 Å². The van der Waals surface area contributed by atoms with Gasteiger partial charge >= 0.3 is 0 Å². The fourth-order valence-corrected chi connectivity index (χ4v) is 8.52. The molecule has 2 bridgehead atoms. The number of hydrogen-bond donors (Lipinski definition) is 0. The molecule has 51 heavy (non-hydrogen) atoms. The molecule has 10 heteroatoms. The fraction of sp³-hybridized carbons (Fsp3) is 0.366. The van der Waals surface area contributed by atoms with Crippen molar-refractivity contribution >= 4 is 12.2 Å². The van der Waals surface area contributed by atoms with Crippen LogP contribution >= 0.6 is 0 Å². The zero-order valence-electron chi connectivity index (χ0n) is 30.1. The van der Waals surface area contributed by atoms with Crippen LogP contribution in [0.3, 0.4) is 0 Å². The van der Waals surface area contributed by atoms with Gasteiger partial charge in [0, 0.05) is 39.8 Å². The molecule has 0 unspecified atom stereocenters. The van der Waals surface area contributed by atoms with E-state index in [1.165, 1.54) is 0 Å². The van der Waals surface area contributed by atoms with Gasteiger partial charge in [-0.2, -0.15) is 0 Å². The van der Waals surface area contributed by atoms with Crippen LogP contribution in [0, 0.1) is 13.8 Å². The fourth-order valence-electron chi connectivity index (χ4n) is 8.52. The average Bonchev–Trinajstić information content (AvgIpc) is 3.15. The largest absolute Gasteiger partial charge is 0.492 e. The molecule has 0 aliphatic carbocycles. The van der Waals surface area contributed by atoms with Crippen LogP contribution in [-0.2, 0) is 35.6 Å². The molecule has 10 nitrogen and oxygen atoms in total. The van der Waals surface area contributed by atoms with Crippen LogP contribution in [0.4, 0.5) is 0 Å².